The van der Waals surface area contributed by atoms with E-state index in [4.69, 9.17) is 11.6 Å². The van der Waals surface area contributed by atoms with Gasteiger partial charge in [0, 0.05) is 24.0 Å². The second-order valence-electron chi connectivity index (χ2n) is 10.2. The van der Waals surface area contributed by atoms with Crippen molar-refractivity contribution in [1.82, 2.24) is 10.2 Å². The number of halogens is 5. The van der Waals surface area contributed by atoms with E-state index in [0.29, 0.717) is 20.4 Å². The number of carbonyl (C=O) groups excluding carboxylic acids is 2. The highest BCUT2D eigenvalue weighted by Crippen LogP contribution is 2.37. The molecule has 0 radical (unpaired) electrons. The van der Waals surface area contributed by atoms with Gasteiger partial charge in [-0.2, -0.15) is 13.2 Å². The number of alkyl halides is 3. The molecule has 4 aromatic carbocycles. The second-order valence-corrected chi connectivity index (χ2v) is 13.4. The maximum absolute atomic E-state index is 14.4. The van der Waals surface area contributed by atoms with Crippen molar-refractivity contribution in [3.63, 3.8) is 0 Å². The van der Waals surface area contributed by atoms with Gasteiger partial charge in [-0.15, -0.1) is 0 Å². The lowest BCUT2D eigenvalue weighted by molar-refractivity contribution is -0.140. The van der Waals surface area contributed by atoms with Gasteiger partial charge < -0.3 is 10.2 Å². The highest BCUT2D eigenvalue weighted by Gasteiger charge is 2.37. The topological polar surface area (TPSA) is 86.8 Å². The monoisotopic (exact) mass is 735 g/mol. The van der Waals surface area contributed by atoms with Crippen LogP contribution in [0.2, 0.25) is 5.02 Å². The van der Waals surface area contributed by atoms with Gasteiger partial charge >= 0.3 is 6.18 Å². The molecule has 0 bridgehead atoms. The molecule has 0 heterocycles. The highest BCUT2D eigenvalue weighted by atomic mass is 79.9. The summed E-state index contributed by atoms with van der Waals surface area (Å²) < 4.78 is 70.7. The van der Waals surface area contributed by atoms with Gasteiger partial charge in [0.1, 0.15) is 12.6 Å². The van der Waals surface area contributed by atoms with Crippen LogP contribution in [0.3, 0.4) is 0 Å². The van der Waals surface area contributed by atoms with Gasteiger partial charge in [-0.3, -0.25) is 13.9 Å². The molecule has 0 saturated carbocycles. The van der Waals surface area contributed by atoms with E-state index in [0.717, 1.165) is 17.7 Å². The molecule has 0 aromatic heterocycles. The van der Waals surface area contributed by atoms with Crippen LogP contribution in [0.15, 0.2) is 112 Å². The van der Waals surface area contributed by atoms with Crippen molar-refractivity contribution in [2.75, 3.05) is 17.4 Å². The Labute approximate surface area is 279 Å². The first-order chi connectivity index (χ1) is 21.8. The molecule has 1 atom stereocenters. The third kappa shape index (κ3) is 8.68. The average molecular weight is 737 g/mol. The van der Waals surface area contributed by atoms with Crippen molar-refractivity contribution >= 4 is 55.1 Å². The first kappa shape index (κ1) is 35.0. The SMILES string of the molecule is CCNC(=O)[C@H](Cc1ccccc1)N(Cc1cccc(Br)c1)C(=O)CN(c1cc(C(F)(F)F)ccc1Cl)S(=O)(=O)c1ccccc1. The minimum Gasteiger partial charge on any atom is -0.355 e. The van der Waals surface area contributed by atoms with Gasteiger partial charge in [-0.1, -0.05) is 88.2 Å². The van der Waals surface area contributed by atoms with E-state index in [-0.39, 0.29) is 29.4 Å². The van der Waals surface area contributed by atoms with Crippen LogP contribution in [-0.2, 0) is 38.8 Å². The number of hydrogen-bond donors (Lipinski definition) is 1. The lowest BCUT2D eigenvalue weighted by atomic mass is 10.0. The maximum atomic E-state index is 14.4. The van der Waals surface area contributed by atoms with Crippen LogP contribution >= 0.6 is 27.5 Å². The summed E-state index contributed by atoms with van der Waals surface area (Å²) in [6.07, 6.45) is -4.74. The Bertz CT molecular complexity index is 1780. The number of rotatable bonds is 12. The van der Waals surface area contributed by atoms with Gasteiger partial charge in [0.05, 0.1) is 21.2 Å². The quantitative estimate of drug-likeness (QED) is 0.168. The molecular weight excluding hydrogens is 707 g/mol. The Morgan fingerprint density at radius 1 is 0.891 bits per heavy atom. The number of nitrogens with zero attached hydrogens (tertiary/aromatic N) is 2. The van der Waals surface area contributed by atoms with Gasteiger partial charge in [-0.05, 0) is 60.5 Å². The lowest BCUT2D eigenvalue weighted by Crippen LogP contribution is -2.53. The summed E-state index contributed by atoms with van der Waals surface area (Å²) in [6, 6.07) is 24.1. The van der Waals surface area contributed by atoms with Crippen LogP contribution in [0.1, 0.15) is 23.6 Å². The zero-order chi connectivity index (χ0) is 33.5. The molecule has 0 unspecified atom stereocenters. The number of amides is 2. The van der Waals surface area contributed by atoms with Crippen molar-refractivity contribution in [3.05, 3.63) is 129 Å². The molecule has 4 aromatic rings. The Balaban J connectivity index is 1.86. The molecule has 0 fully saturated rings. The fourth-order valence-corrected chi connectivity index (χ4v) is 6.95. The Morgan fingerprint density at radius 2 is 1.52 bits per heavy atom. The average Bonchev–Trinajstić information content (AvgIpc) is 3.02. The van der Waals surface area contributed by atoms with E-state index in [9.17, 15) is 31.2 Å². The predicted octanol–water partition coefficient (Wildman–Crippen LogP) is 7.09. The molecule has 2 amide bonds. The fourth-order valence-electron chi connectivity index (χ4n) is 4.79. The maximum Gasteiger partial charge on any atom is 0.416 e. The number of sulfonamides is 1. The van der Waals surface area contributed by atoms with Gasteiger partial charge in [0.25, 0.3) is 10.0 Å². The van der Waals surface area contributed by atoms with Crippen molar-refractivity contribution in [2.45, 2.75) is 37.0 Å². The first-order valence-electron chi connectivity index (χ1n) is 14.1. The summed E-state index contributed by atoms with van der Waals surface area (Å²) in [4.78, 5) is 28.9. The molecule has 13 heteroatoms. The summed E-state index contributed by atoms with van der Waals surface area (Å²) in [5, 5.41) is 2.44. The van der Waals surface area contributed by atoms with Crippen molar-refractivity contribution in [2.24, 2.45) is 0 Å². The zero-order valence-corrected chi connectivity index (χ0v) is 27.7. The number of hydrogen-bond acceptors (Lipinski definition) is 4. The fraction of sp³-hybridized carbons (Fsp3) is 0.212. The van der Waals surface area contributed by atoms with Gasteiger partial charge in [-0.25, -0.2) is 8.42 Å². The predicted molar refractivity (Wildman–Crippen MR) is 175 cm³/mol. The molecular formula is C33H30BrClF3N3O4S. The van der Waals surface area contributed by atoms with Gasteiger partial charge in [0.2, 0.25) is 11.8 Å². The van der Waals surface area contributed by atoms with Crippen LogP contribution < -0.4 is 9.62 Å². The molecule has 0 aliphatic rings. The number of likely N-dealkylation sites (N-methyl/N-ethyl adjacent to an activating group) is 1. The van der Waals surface area contributed by atoms with E-state index >= 15 is 0 Å². The second kappa shape index (κ2) is 15.1. The molecule has 46 heavy (non-hydrogen) atoms. The summed E-state index contributed by atoms with van der Waals surface area (Å²) in [6.45, 7) is 0.929. The van der Waals surface area contributed by atoms with Crippen LogP contribution in [0.4, 0.5) is 18.9 Å². The molecule has 0 aliphatic carbocycles. The zero-order valence-electron chi connectivity index (χ0n) is 24.5. The third-order valence-electron chi connectivity index (χ3n) is 7.02. The van der Waals surface area contributed by atoms with Crippen LogP contribution in [-0.4, -0.2) is 44.3 Å². The summed E-state index contributed by atoms with van der Waals surface area (Å²) in [7, 11) is -4.64. The van der Waals surface area contributed by atoms with Crippen molar-refractivity contribution in [3.8, 4) is 0 Å². The van der Waals surface area contributed by atoms with E-state index < -0.39 is 51.9 Å². The van der Waals surface area contributed by atoms with Crippen LogP contribution in [0, 0.1) is 0 Å². The Hall–Kier alpha value is -3.87. The van der Waals surface area contributed by atoms with E-state index in [1.54, 1.807) is 67.6 Å². The lowest BCUT2D eigenvalue weighted by Gasteiger charge is -2.34. The Kier molecular flexibility index (Phi) is 11.5. The van der Waals surface area contributed by atoms with E-state index in [1.165, 1.54) is 29.2 Å². The van der Waals surface area contributed by atoms with Crippen LogP contribution in [0.5, 0.6) is 0 Å². The normalized spacial score (nSPS) is 12.3. The molecule has 7 nitrogen and oxygen atoms in total. The highest BCUT2D eigenvalue weighted by molar-refractivity contribution is 9.10. The molecule has 0 saturated heterocycles. The molecule has 0 aliphatic heterocycles. The standard InChI is InChI=1S/C33H30BrClF3N3O4S/c1-2-39-32(43)30(19-23-10-5-3-6-11-23)40(21-24-12-9-13-26(34)18-24)31(42)22-41(46(44,45)27-14-7-4-8-15-27)29-20-25(33(36,37)38)16-17-28(29)35/h3-18,20,30H,2,19,21-22H2,1H3,(H,39,43)/t30-/m0/s1. The third-order valence-corrected chi connectivity index (χ3v) is 9.60. The smallest absolute Gasteiger partial charge is 0.355 e. The van der Waals surface area contributed by atoms with E-state index in [2.05, 4.69) is 21.2 Å². The number of benzene rings is 4. The minimum atomic E-state index is -4.82. The molecule has 1 N–H and O–H groups in total. The van der Waals surface area contributed by atoms with Crippen molar-refractivity contribution in [1.29, 1.82) is 0 Å². The summed E-state index contributed by atoms with van der Waals surface area (Å²) in [5.41, 5.74) is -0.322. The summed E-state index contributed by atoms with van der Waals surface area (Å²) >= 11 is 9.75. The molecule has 4 rings (SSSR count). The number of nitrogens with one attached hydrogen (secondary N) is 1. The van der Waals surface area contributed by atoms with E-state index in [1.807, 2.05) is 0 Å². The molecule has 0 spiro atoms. The molecule has 242 valence electrons. The van der Waals surface area contributed by atoms with Crippen LogP contribution in [0.25, 0.3) is 0 Å². The number of anilines is 1. The van der Waals surface area contributed by atoms with Gasteiger partial charge in [0.15, 0.2) is 0 Å². The largest absolute Gasteiger partial charge is 0.416 e. The first-order valence-corrected chi connectivity index (χ1v) is 16.7. The van der Waals surface area contributed by atoms with Crippen molar-refractivity contribution < 1.29 is 31.2 Å². The number of carbonyl (C=O) groups is 2. The summed E-state index contributed by atoms with van der Waals surface area (Å²) in [5.74, 6) is -1.32. The Morgan fingerprint density at radius 3 is 2.13 bits per heavy atom. The minimum absolute atomic E-state index is 0.0855.